The monoisotopic (exact) mass is 468 g/mol. The lowest BCUT2D eigenvalue weighted by Crippen LogP contribution is -2.37. The number of halogens is 1. The topological polar surface area (TPSA) is 58.4 Å². The Morgan fingerprint density at radius 1 is 1.08 bits per heavy atom. The van der Waals surface area contributed by atoms with Gasteiger partial charge in [-0.25, -0.2) is 0 Å². The summed E-state index contributed by atoms with van der Waals surface area (Å²) in [5.41, 5.74) is 3.58. The van der Waals surface area contributed by atoms with E-state index < -0.39 is 0 Å². The van der Waals surface area contributed by atoms with E-state index in [0.717, 1.165) is 44.1 Å². The second kappa shape index (κ2) is 11.7. The average Bonchev–Trinajstić information content (AvgIpc) is 2.59. The Kier molecular flexibility index (Phi) is 10.0. The van der Waals surface area contributed by atoms with E-state index in [2.05, 4.69) is 46.8 Å². The van der Waals surface area contributed by atoms with Crippen molar-refractivity contribution in [2.75, 3.05) is 13.6 Å². The zero-order chi connectivity index (χ0) is 18.1. The molecule has 5 nitrogen and oxygen atoms in total. The van der Waals surface area contributed by atoms with E-state index in [4.69, 9.17) is 0 Å². The lowest BCUT2D eigenvalue weighted by atomic mass is 10.1. The van der Waals surface area contributed by atoms with Crippen LogP contribution in [0.5, 0.6) is 0 Å². The van der Waals surface area contributed by atoms with Crippen molar-refractivity contribution in [1.29, 1.82) is 0 Å². The van der Waals surface area contributed by atoms with Crippen LogP contribution in [0.1, 0.15) is 29.7 Å². The molecule has 0 saturated carbocycles. The van der Waals surface area contributed by atoms with E-state index in [1.165, 1.54) is 11.1 Å². The van der Waals surface area contributed by atoms with Gasteiger partial charge in [-0.2, -0.15) is 0 Å². The molecule has 0 aliphatic carbocycles. The molecule has 0 aliphatic heterocycles. The van der Waals surface area contributed by atoms with Crippen LogP contribution in [0, 0.1) is 13.8 Å². The van der Waals surface area contributed by atoms with Crippen LogP contribution in [0.3, 0.4) is 0 Å². The quantitative estimate of drug-likeness (QED) is 0.284. The maximum atomic E-state index is 11.8. The SMILES string of the molecule is CN=C(NCCCCn1c(C)cccc1=O)NCc1cccc(C)c1.I. The number of unbranched alkanes of at least 4 members (excludes halogenated alkanes) is 1. The molecular formula is C20H29IN4O. The van der Waals surface area contributed by atoms with Crippen molar-refractivity contribution in [3.63, 3.8) is 0 Å². The van der Waals surface area contributed by atoms with Gasteiger partial charge in [-0.15, -0.1) is 24.0 Å². The van der Waals surface area contributed by atoms with Crippen LogP contribution < -0.4 is 16.2 Å². The van der Waals surface area contributed by atoms with Crippen LogP contribution in [0.2, 0.25) is 0 Å². The lowest BCUT2D eigenvalue weighted by Gasteiger charge is -2.13. The molecule has 0 unspecified atom stereocenters. The van der Waals surface area contributed by atoms with Crippen LogP contribution in [-0.2, 0) is 13.1 Å². The molecule has 1 aromatic carbocycles. The van der Waals surface area contributed by atoms with E-state index in [0.29, 0.717) is 0 Å². The predicted molar refractivity (Wildman–Crippen MR) is 119 cm³/mol. The van der Waals surface area contributed by atoms with Gasteiger partial charge in [-0.1, -0.05) is 35.9 Å². The minimum atomic E-state index is 0. The fourth-order valence-electron chi connectivity index (χ4n) is 2.74. The standard InChI is InChI=1S/C20H28N4O.HI/c1-16-8-6-10-18(14-16)15-23-20(21-3)22-12-4-5-13-24-17(2)9-7-11-19(24)25;/h6-11,14H,4-5,12-13,15H2,1-3H3,(H2,21,22,23);1H. The van der Waals surface area contributed by atoms with Crippen LogP contribution in [0.15, 0.2) is 52.3 Å². The molecular weight excluding hydrogens is 439 g/mol. The molecule has 1 heterocycles. The number of aryl methyl sites for hydroxylation is 2. The summed E-state index contributed by atoms with van der Waals surface area (Å²) < 4.78 is 1.82. The molecule has 0 fully saturated rings. The van der Waals surface area contributed by atoms with E-state index in [-0.39, 0.29) is 29.5 Å². The summed E-state index contributed by atoms with van der Waals surface area (Å²) in [5.74, 6) is 0.801. The first-order chi connectivity index (χ1) is 12.1. The van der Waals surface area contributed by atoms with Crippen LogP contribution in [0.25, 0.3) is 0 Å². The third-order valence-corrected chi connectivity index (χ3v) is 4.14. The first kappa shape index (κ1) is 22.2. The van der Waals surface area contributed by atoms with Gasteiger partial charge in [-0.3, -0.25) is 9.79 Å². The lowest BCUT2D eigenvalue weighted by molar-refractivity contribution is 0.575. The van der Waals surface area contributed by atoms with Crippen molar-refractivity contribution in [3.8, 4) is 0 Å². The highest BCUT2D eigenvalue weighted by molar-refractivity contribution is 14.0. The molecule has 1 aromatic heterocycles. The maximum absolute atomic E-state index is 11.8. The normalized spacial score (nSPS) is 11.0. The Labute approximate surface area is 173 Å². The van der Waals surface area contributed by atoms with Gasteiger partial charge < -0.3 is 15.2 Å². The van der Waals surface area contributed by atoms with Gasteiger partial charge in [0.15, 0.2) is 5.96 Å². The van der Waals surface area contributed by atoms with Crippen molar-refractivity contribution < 1.29 is 0 Å². The summed E-state index contributed by atoms with van der Waals surface area (Å²) in [6.45, 7) is 6.39. The Bertz CT molecular complexity index is 770. The van der Waals surface area contributed by atoms with Gasteiger partial charge in [-0.05, 0) is 38.3 Å². The summed E-state index contributed by atoms with van der Waals surface area (Å²) in [6.07, 6.45) is 1.93. The number of nitrogens with zero attached hydrogens (tertiary/aromatic N) is 2. The third-order valence-electron chi connectivity index (χ3n) is 4.14. The number of hydrogen-bond acceptors (Lipinski definition) is 2. The highest BCUT2D eigenvalue weighted by Gasteiger charge is 2.01. The molecule has 0 amide bonds. The van der Waals surface area contributed by atoms with Crippen molar-refractivity contribution >= 4 is 29.9 Å². The second-order valence-electron chi connectivity index (χ2n) is 6.21. The van der Waals surface area contributed by atoms with Crippen molar-refractivity contribution in [1.82, 2.24) is 15.2 Å². The number of aromatic nitrogens is 1. The molecule has 0 spiro atoms. The number of nitrogens with one attached hydrogen (secondary N) is 2. The molecule has 6 heteroatoms. The molecule has 0 radical (unpaired) electrons. The fraction of sp³-hybridized carbons (Fsp3) is 0.400. The van der Waals surface area contributed by atoms with E-state index in [9.17, 15) is 4.79 Å². The summed E-state index contributed by atoms with van der Waals surface area (Å²) in [4.78, 5) is 16.1. The molecule has 142 valence electrons. The number of aliphatic imine (C=N–C) groups is 1. The number of rotatable bonds is 7. The fourth-order valence-corrected chi connectivity index (χ4v) is 2.74. The highest BCUT2D eigenvalue weighted by atomic mass is 127. The average molecular weight is 468 g/mol. The Hall–Kier alpha value is -1.83. The van der Waals surface area contributed by atoms with Gasteiger partial charge in [0.25, 0.3) is 5.56 Å². The molecule has 0 saturated heterocycles. The van der Waals surface area contributed by atoms with Gasteiger partial charge in [0, 0.05) is 38.4 Å². The zero-order valence-corrected chi connectivity index (χ0v) is 18.1. The molecule has 0 bridgehead atoms. The molecule has 0 aliphatic rings. The number of benzene rings is 1. The largest absolute Gasteiger partial charge is 0.356 e. The van der Waals surface area contributed by atoms with Gasteiger partial charge in [0.1, 0.15) is 0 Å². The van der Waals surface area contributed by atoms with Crippen LogP contribution in [-0.4, -0.2) is 24.1 Å². The number of pyridine rings is 1. The summed E-state index contributed by atoms with van der Waals surface area (Å²) in [5, 5.41) is 6.64. The van der Waals surface area contributed by atoms with Crippen LogP contribution in [0.4, 0.5) is 0 Å². The Balaban J connectivity index is 0.00000338. The minimum Gasteiger partial charge on any atom is -0.356 e. The third kappa shape index (κ3) is 7.19. The van der Waals surface area contributed by atoms with Gasteiger partial charge in [0.2, 0.25) is 0 Å². The molecule has 2 rings (SSSR count). The predicted octanol–water partition coefficient (Wildman–Crippen LogP) is 3.23. The first-order valence-corrected chi connectivity index (χ1v) is 8.76. The molecule has 2 N–H and O–H groups in total. The Morgan fingerprint density at radius 2 is 1.85 bits per heavy atom. The number of guanidine groups is 1. The molecule has 0 atom stereocenters. The van der Waals surface area contributed by atoms with Crippen molar-refractivity contribution in [2.45, 2.75) is 39.8 Å². The smallest absolute Gasteiger partial charge is 0.250 e. The summed E-state index contributed by atoms with van der Waals surface area (Å²) >= 11 is 0. The van der Waals surface area contributed by atoms with Crippen LogP contribution >= 0.6 is 24.0 Å². The maximum Gasteiger partial charge on any atom is 0.250 e. The van der Waals surface area contributed by atoms with E-state index in [1.807, 2.05) is 17.6 Å². The second-order valence-corrected chi connectivity index (χ2v) is 6.21. The minimum absolute atomic E-state index is 0. The van der Waals surface area contributed by atoms with E-state index in [1.54, 1.807) is 19.2 Å². The molecule has 26 heavy (non-hydrogen) atoms. The highest BCUT2D eigenvalue weighted by Crippen LogP contribution is 2.03. The van der Waals surface area contributed by atoms with Crippen molar-refractivity contribution in [2.24, 2.45) is 4.99 Å². The zero-order valence-electron chi connectivity index (χ0n) is 15.8. The van der Waals surface area contributed by atoms with E-state index >= 15 is 0 Å². The van der Waals surface area contributed by atoms with Gasteiger partial charge in [0.05, 0.1) is 0 Å². The first-order valence-electron chi connectivity index (χ1n) is 8.76. The number of hydrogen-bond donors (Lipinski definition) is 2. The van der Waals surface area contributed by atoms with Gasteiger partial charge >= 0.3 is 0 Å². The Morgan fingerprint density at radius 3 is 2.54 bits per heavy atom. The van der Waals surface area contributed by atoms with Crippen molar-refractivity contribution in [3.05, 3.63) is 69.6 Å². The summed E-state index contributed by atoms with van der Waals surface area (Å²) in [6, 6.07) is 13.8. The molecule has 2 aromatic rings. The summed E-state index contributed by atoms with van der Waals surface area (Å²) in [7, 11) is 1.78.